The third-order valence-corrected chi connectivity index (χ3v) is 6.41. The Bertz CT molecular complexity index is 1040. The van der Waals surface area contributed by atoms with Crippen LogP contribution in [0.2, 0.25) is 0 Å². The number of benzene rings is 2. The number of esters is 1. The Morgan fingerprint density at radius 1 is 1.09 bits per heavy atom. The van der Waals surface area contributed by atoms with Crippen molar-refractivity contribution < 1.29 is 27.4 Å². The molecule has 1 spiro atoms. The number of hydrogen-bond acceptors (Lipinski definition) is 5. The van der Waals surface area contributed by atoms with Crippen LogP contribution in [-0.4, -0.2) is 42.7 Å². The van der Waals surface area contributed by atoms with E-state index in [9.17, 15) is 23.2 Å². The fourth-order valence-corrected chi connectivity index (χ4v) is 4.54. The summed E-state index contributed by atoms with van der Waals surface area (Å²) >= 11 is 0. The molecule has 2 aromatic carbocycles. The first-order valence-corrected chi connectivity index (χ1v) is 11.0. The number of piperidine rings is 1. The molecule has 2 aromatic rings. The van der Waals surface area contributed by atoms with Crippen molar-refractivity contribution in [3.8, 4) is 6.07 Å². The summed E-state index contributed by atoms with van der Waals surface area (Å²) < 4.78 is 51.5. The second-order valence-corrected chi connectivity index (χ2v) is 8.61. The van der Waals surface area contributed by atoms with Crippen LogP contribution in [0.25, 0.3) is 0 Å². The summed E-state index contributed by atoms with van der Waals surface area (Å²) in [7, 11) is 0. The molecule has 2 aliphatic rings. The molecule has 4 rings (SSSR count). The lowest BCUT2D eigenvalue weighted by atomic mass is 9.89. The highest BCUT2D eigenvalue weighted by Crippen LogP contribution is 2.37. The van der Waals surface area contributed by atoms with E-state index < -0.39 is 17.8 Å². The van der Waals surface area contributed by atoms with Crippen molar-refractivity contribution in [1.29, 1.82) is 5.26 Å². The van der Waals surface area contributed by atoms with Crippen molar-refractivity contribution in [1.82, 2.24) is 4.90 Å². The molecule has 0 N–H and O–H groups in total. The van der Waals surface area contributed by atoms with Gasteiger partial charge in [-0.25, -0.2) is 0 Å². The summed E-state index contributed by atoms with van der Waals surface area (Å²) in [6.45, 7) is 2.46. The monoisotopic (exact) mass is 458 g/mol. The fraction of sp³-hybridized carbons (Fsp3) is 0.440. The number of hydrogen-bond donors (Lipinski definition) is 0. The molecule has 2 fully saturated rings. The molecule has 0 amide bonds. The van der Waals surface area contributed by atoms with Gasteiger partial charge in [-0.05, 0) is 54.7 Å². The molecule has 0 radical (unpaired) electrons. The molecule has 174 valence electrons. The van der Waals surface area contributed by atoms with Crippen LogP contribution in [0.3, 0.4) is 0 Å². The van der Waals surface area contributed by atoms with E-state index in [0.717, 1.165) is 44.5 Å². The number of carbonyl (C=O) groups excluding carboxylic acids is 1. The van der Waals surface area contributed by atoms with Crippen LogP contribution in [0.1, 0.15) is 54.0 Å². The predicted molar refractivity (Wildman–Crippen MR) is 114 cm³/mol. The largest absolute Gasteiger partial charge is 0.459 e. The van der Waals surface area contributed by atoms with E-state index in [1.54, 1.807) is 30.3 Å². The third kappa shape index (κ3) is 5.55. The highest BCUT2D eigenvalue weighted by molar-refractivity contribution is 5.72. The summed E-state index contributed by atoms with van der Waals surface area (Å²) in [4.78, 5) is 13.7. The number of alkyl halides is 3. The standard InChI is InChI=1S/C25H25F3N2O3/c26-25(27,28)21-6-2-5-20(16-21)23(19-4-1-3-18(15-19)17-29)32-14-13-30-11-9-24(10-12-30)8-7-22(31)33-24/h1-6,15-16,23H,7-14H2. The zero-order valence-corrected chi connectivity index (χ0v) is 18.1. The second kappa shape index (κ2) is 9.54. The molecule has 33 heavy (non-hydrogen) atoms. The number of likely N-dealkylation sites (tertiary alicyclic amines) is 1. The lowest BCUT2D eigenvalue weighted by molar-refractivity contribution is -0.152. The highest BCUT2D eigenvalue weighted by atomic mass is 19.4. The molecule has 1 atom stereocenters. The van der Waals surface area contributed by atoms with Crippen LogP contribution in [0.5, 0.6) is 0 Å². The van der Waals surface area contributed by atoms with Crippen LogP contribution in [-0.2, 0) is 20.4 Å². The molecule has 0 bridgehead atoms. The van der Waals surface area contributed by atoms with Gasteiger partial charge in [-0.3, -0.25) is 4.79 Å². The van der Waals surface area contributed by atoms with Gasteiger partial charge in [0, 0.05) is 26.1 Å². The van der Waals surface area contributed by atoms with Crippen molar-refractivity contribution in [3.05, 3.63) is 70.8 Å². The molecule has 2 aliphatic heterocycles. The minimum atomic E-state index is -4.46. The number of carbonyl (C=O) groups is 1. The minimum absolute atomic E-state index is 0.129. The Morgan fingerprint density at radius 3 is 2.42 bits per heavy atom. The molecular formula is C25H25F3N2O3. The Kier molecular flexibility index (Phi) is 6.73. The molecule has 5 nitrogen and oxygen atoms in total. The third-order valence-electron chi connectivity index (χ3n) is 6.41. The maximum atomic E-state index is 13.3. The number of ether oxygens (including phenoxy) is 2. The van der Waals surface area contributed by atoms with E-state index >= 15 is 0 Å². The highest BCUT2D eigenvalue weighted by Gasteiger charge is 2.42. The summed E-state index contributed by atoms with van der Waals surface area (Å²) in [5.74, 6) is -0.129. The van der Waals surface area contributed by atoms with Crippen molar-refractivity contribution >= 4 is 5.97 Å². The second-order valence-electron chi connectivity index (χ2n) is 8.61. The average Bonchev–Trinajstić information content (AvgIpc) is 3.17. The van der Waals surface area contributed by atoms with Crippen LogP contribution in [0, 0.1) is 11.3 Å². The molecule has 2 saturated heterocycles. The molecule has 0 aliphatic carbocycles. The van der Waals surface area contributed by atoms with Gasteiger partial charge in [-0.1, -0.05) is 24.3 Å². The molecular weight excluding hydrogens is 433 g/mol. The van der Waals surface area contributed by atoms with Crippen molar-refractivity contribution in [2.24, 2.45) is 0 Å². The number of rotatable bonds is 6. The van der Waals surface area contributed by atoms with Crippen LogP contribution >= 0.6 is 0 Å². The van der Waals surface area contributed by atoms with E-state index in [0.29, 0.717) is 36.3 Å². The zero-order valence-electron chi connectivity index (χ0n) is 18.1. The fourth-order valence-electron chi connectivity index (χ4n) is 4.54. The zero-order chi connectivity index (χ0) is 23.5. The van der Waals surface area contributed by atoms with E-state index in [-0.39, 0.29) is 11.6 Å². The van der Waals surface area contributed by atoms with E-state index in [2.05, 4.69) is 11.0 Å². The van der Waals surface area contributed by atoms with Gasteiger partial charge in [-0.15, -0.1) is 0 Å². The Labute approximate surface area is 190 Å². The topological polar surface area (TPSA) is 62.6 Å². The van der Waals surface area contributed by atoms with E-state index in [1.807, 2.05) is 0 Å². The molecule has 8 heteroatoms. The summed E-state index contributed by atoms with van der Waals surface area (Å²) in [5, 5.41) is 9.24. The average molecular weight is 458 g/mol. The van der Waals surface area contributed by atoms with E-state index in [4.69, 9.17) is 9.47 Å². The van der Waals surface area contributed by atoms with Crippen LogP contribution < -0.4 is 0 Å². The first-order valence-electron chi connectivity index (χ1n) is 11.0. The summed E-state index contributed by atoms with van der Waals surface area (Å²) in [6, 6.07) is 13.9. The Balaban J connectivity index is 1.45. The minimum Gasteiger partial charge on any atom is -0.459 e. The van der Waals surface area contributed by atoms with Gasteiger partial charge in [-0.2, -0.15) is 18.4 Å². The van der Waals surface area contributed by atoms with Gasteiger partial charge in [0.25, 0.3) is 0 Å². The lowest BCUT2D eigenvalue weighted by Crippen LogP contribution is -2.45. The van der Waals surface area contributed by atoms with Crippen LogP contribution in [0.15, 0.2) is 48.5 Å². The van der Waals surface area contributed by atoms with Gasteiger partial charge in [0.15, 0.2) is 0 Å². The van der Waals surface area contributed by atoms with Crippen molar-refractivity contribution in [2.45, 2.75) is 43.6 Å². The van der Waals surface area contributed by atoms with Gasteiger partial charge in [0.1, 0.15) is 11.7 Å². The lowest BCUT2D eigenvalue weighted by Gasteiger charge is -2.38. The first-order chi connectivity index (χ1) is 15.8. The Morgan fingerprint density at radius 2 is 1.79 bits per heavy atom. The number of nitrogens with zero attached hydrogens (tertiary/aromatic N) is 2. The van der Waals surface area contributed by atoms with Crippen molar-refractivity contribution in [2.75, 3.05) is 26.2 Å². The van der Waals surface area contributed by atoms with Crippen molar-refractivity contribution in [3.63, 3.8) is 0 Å². The summed E-state index contributed by atoms with van der Waals surface area (Å²) in [6.07, 6.45) is -2.39. The van der Waals surface area contributed by atoms with Gasteiger partial charge in [0.2, 0.25) is 0 Å². The maximum Gasteiger partial charge on any atom is 0.416 e. The number of halogens is 3. The van der Waals surface area contributed by atoms with Gasteiger partial charge in [0.05, 0.1) is 23.8 Å². The smallest absolute Gasteiger partial charge is 0.416 e. The number of nitriles is 1. The van der Waals surface area contributed by atoms with E-state index in [1.165, 1.54) is 6.07 Å². The quantitative estimate of drug-likeness (QED) is 0.579. The summed E-state index contributed by atoms with van der Waals surface area (Å²) in [5.41, 5.74) is 0.365. The predicted octanol–water partition coefficient (Wildman–Crippen LogP) is 4.85. The molecule has 0 saturated carbocycles. The van der Waals surface area contributed by atoms with Gasteiger partial charge >= 0.3 is 12.1 Å². The SMILES string of the molecule is N#Cc1cccc(C(OCCN2CCC3(CCC(=O)O3)CC2)c2cccc(C(F)(F)F)c2)c1. The molecule has 0 aromatic heterocycles. The van der Waals surface area contributed by atoms with Crippen LogP contribution in [0.4, 0.5) is 13.2 Å². The Hall–Kier alpha value is -2.89. The normalized spacial score (nSPS) is 19.3. The first kappa shape index (κ1) is 23.3. The molecule has 1 unspecified atom stereocenters. The maximum absolute atomic E-state index is 13.3. The van der Waals surface area contributed by atoms with Gasteiger partial charge < -0.3 is 14.4 Å². The molecule has 2 heterocycles.